The molecule has 0 aromatic carbocycles. The first-order chi connectivity index (χ1) is 13.5. The minimum Gasteiger partial charge on any atom is -0.481 e. The lowest BCUT2D eigenvalue weighted by Crippen LogP contribution is -2.47. The van der Waals surface area contributed by atoms with Crippen LogP contribution in [0.2, 0.25) is 0 Å². The van der Waals surface area contributed by atoms with Gasteiger partial charge in [0.2, 0.25) is 0 Å². The Morgan fingerprint density at radius 1 is 1.14 bits per heavy atom. The van der Waals surface area contributed by atoms with Crippen LogP contribution in [0.1, 0.15) is 64.2 Å². The fourth-order valence-corrected chi connectivity index (χ4v) is 4.83. The molecule has 1 aliphatic carbocycles. The number of aliphatic hydroxyl groups is 1. The molecule has 1 saturated carbocycles. The van der Waals surface area contributed by atoms with Gasteiger partial charge in [0.05, 0.1) is 12.0 Å². The van der Waals surface area contributed by atoms with Gasteiger partial charge in [-0.2, -0.15) is 0 Å². The minimum absolute atomic E-state index is 0.113. The number of aromatic nitrogens is 1. The Balaban J connectivity index is 1.27. The molecule has 1 aliphatic heterocycles. The van der Waals surface area contributed by atoms with Gasteiger partial charge in [-0.3, -0.25) is 9.78 Å². The third kappa shape index (κ3) is 6.45. The molecule has 1 aromatic heterocycles. The van der Waals surface area contributed by atoms with E-state index < -0.39 is 11.6 Å². The summed E-state index contributed by atoms with van der Waals surface area (Å²) in [7, 11) is 0. The number of aliphatic carboxylic acids is 1. The number of hydrogen-bond acceptors (Lipinski definition) is 5. The molecule has 2 fully saturated rings. The molecule has 28 heavy (non-hydrogen) atoms. The van der Waals surface area contributed by atoms with Gasteiger partial charge in [-0.25, -0.2) is 0 Å². The molecule has 3 N–H and O–H groups in total. The van der Waals surface area contributed by atoms with Crippen LogP contribution < -0.4 is 5.32 Å². The van der Waals surface area contributed by atoms with Crippen LogP contribution >= 0.6 is 0 Å². The molecule has 156 valence electrons. The molecule has 6 nitrogen and oxygen atoms in total. The fraction of sp³-hybridized carbons (Fsp3) is 0.727. The molecule has 0 atom stereocenters. The summed E-state index contributed by atoms with van der Waals surface area (Å²) in [5, 5.41) is 22.8. The maximum atomic E-state index is 10.9. The molecule has 1 saturated heterocycles. The summed E-state index contributed by atoms with van der Waals surface area (Å²) >= 11 is 0. The summed E-state index contributed by atoms with van der Waals surface area (Å²) in [5.41, 5.74) is 0.163. The normalized spacial score (nSPS) is 26.8. The highest BCUT2D eigenvalue weighted by Gasteiger charge is 2.37. The Hall–Kier alpha value is -1.66. The van der Waals surface area contributed by atoms with E-state index in [9.17, 15) is 9.90 Å². The Labute approximate surface area is 168 Å². The van der Waals surface area contributed by atoms with E-state index in [0.29, 0.717) is 18.9 Å². The molecule has 0 radical (unpaired) electrons. The van der Waals surface area contributed by atoms with Crippen molar-refractivity contribution in [1.82, 2.24) is 9.88 Å². The first-order valence-corrected chi connectivity index (χ1v) is 10.9. The van der Waals surface area contributed by atoms with Crippen molar-refractivity contribution in [3.8, 4) is 0 Å². The first-order valence-electron chi connectivity index (χ1n) is 10.9. The maximum Gasteiger partial charge on any atom is 0.306 e. The number of nitrogens with zero attached hydrogens (tertiary/aromatic N) is 2. The summed E-state index contributed by atoms with van der Waals surface area (Å²) in [6, 6.07) is 4.53. The van der Waals surface area contributed by atoms with Crippen molar-refractivity contribution < 1.29 is 15.0 Å². The van der Waals surface area contributed by atoms with Gasteiger partial charge in [0.25, 0.3) is 0 Å². The van der Waals surface area contributed by atoms with Crippen molar-refractivity contribution >= 4 is 11.7 Å². The van der Waals surface area contributed by atoms with Crippen molar-refractivity contribution in [1.29, 1.82) is 0 Å². The van der Waals surface area contributed by atoms with E-state index in [-0.39, 0.29) is 6.42 Å². The standard InChI is InChI=1S/C22H35N3O3/c26-21(27)17-22(28)10-4-20(5-11-22)25-15-8-18(9-16-25)3-1-2-12-24-19-6-13-23-14-7-19/h6-7,13-14,18,20,28H,1-5,8-12,15-17H2,(H,23,24)(H,26,27). The van der Waals surface area contributed by atoms with Crippen LogP contribution in [0.15, 0.2) is 24.5 Å². The number of hydrogen-bond donors (Lipinski definition) is 3. The molecule has 0 unspecified atom stereocenters. The zero-order valence-corrected chi connectivity index (χ0v) is 16.9. The van der Waals surface area contributed by atoms with Crippen LogP contribution in [0.25, 0.3) is 0 Å². The van der Waals surface area contributed by atoms with E-state index in [0.717, 1.165) is 44.1 Å². The molecule has 0 spiro atoms. The van der Waals surface area contributed by atoms with Crippen LogP contribution in [-0.4, -0.2) is 57.3 Å². The third-order valence-electron chi connectivity index (χ3n) is 6.58. The second-order valence-corrected chi connectivity index (χ2v) is 8.66. The number of carboxylic acids is 1. The number of carbonyl (C=O) groups is 1. The number of carboxylic acid groups (broad SMARTS) is 1. The lowest BCUT2D eigenvalue weighted by molar-refractivity contribution is -0.144. The van der Waals surface area contributed by atoms with Gasteiger partial charge in [0, 0.05) is 30.7 Å². The zero-order chi connectivity index (χ0) is 19.8. The van der Waals surface area contributed by atoms with E-state index in [2.05, 4.69) is 15.2 Å². The van der Waals surface area contributed by atoms with Crippen molar-refractivity contribution in [2.45, 2.75) is 75.9 Å². The summed E-state index contributed by atoms with van der Waals surface area (Å²) in [6.07, 6.45) is 12.9. The van der Waals surface area contributed by atoms with Crippen LogP contribution in [-0.2, 0) is 4.79 Å². The lowest BCUT2D eigenvalue weighted by Gasteiger charge is -2.43. The van der Waals surface area contributed by atoms with Crippen LogP contribution in [0.4, 0.5) is 5.69 Å². The highest BCUT2D eigenvalue weighted by Crippen LogP contribution is 2.35. The number of anilines is 1. The van der Waals surface area contributed by atoms with E-state index in [1.165, 1.54) is 32.1 Å². The number of pyridine rings is 1. The maximum absolute atomic E-state index is 10.9. The highest BCUT2D eigenvalue weighted by atomic mass is 16.4. The Morgan fingerprint density at radius 3 is 2.46 bits per heavy atom. The minimum atomic E-state index is -0.981. The number of piperidine rings is 1. The van der Waals surface area contributed by atoms with Gasteiger partial charge < -0.3 is 20.4 Å². The SMILES string of the molecule is O=C(O)CC1(O)CCC(N2CCC(CCCCNc3ccncc3)CC2)CC1. The quantitative estimate of drug-likeness (QED) is 0.560. The van der Waals surface area contributed by atoms with Gasteiger partial charge in [0.15, 0.2) is 0 Å². The third-order valence-corrected chi connectivity index (χ3v) is 6.58. The number of unbranched alkanes of at least 4 members (excludes halogenated alkanes) is 1. The van der Waals surface area contributed by atoms with Crippen LogP contribution in [0, 0.1) is 5.92 Å². The molecular formula is C22H35N3O3. The van der Waals surface area contributed by atoms with Crippen molar-refractivity contribution in [2.75, 3.05) is 25.0 Å². The second kappa shape index (κ2) is 10.2. The Bertz CT molecular complexity index is 594. The Morgan fingerprint density at radius 2 is 1.82 bits per heavy atom. The highest BCUT2D eigenvalue weighted by molar-refractivity contribution is 5.68. The number of rotatable bonds is 9. The topological polar surface area (TPSA) is 85.7 Å². The van der Waals surface area contributed by atoms with Crippen molar-refractivity contribution in [2.24, 2.45) is 5.92 Å². The number of likely N-dealkylation sites (tertiary alicyclic amines) is 1. The second-order valence-electron chi connectivity index (χ2n) is 8.66. The molecule has 2 aliphatic rings. The average molecular weight is 390 g/mol. The number of nitrogens with one attached hydrogen (secondary N) is 1. The molecule has 3 rings (SSSR count). The first kappa shape index (κ1) is 21.1. The molecular weight excluding hydrogens is 354 g/mol. The zero-order valence-electron chi connectivity index (χ0n) is 16.9. The smallest absolute Gasteiger partial charge is 0.306 e. The van der Waals surface area contributed by atoms with Gasteiger partial charge in [-0.05, 0) is 76.1 Å². The summed E-state index contributed by atoms with van der Waals surface area (Å²) in [5.74, 6) is -0.0533. The van der Waals surface area contributed by atoms with Gasteiger partial charge >= 0.3 is 5.97 Å². The predicted molar refractivity (Wildman–Crippen MR) is 110 cm³/mol. The largest absolute Gasteiger partial charge is 0.481 e. The summed E-state index contributed by atoms with van der Waals surface area (Å²) in [4.78, 5) is 17.5. The summed E-state index contributed by atoms with van der Waals surface area (Å²) in [6.45, 7) is 3.33. The average Bonchev–Trinajstić information content (AvgIpc) is 2.69. The van der Waals surface area contributed by atoms with Gasteiger partial charge in [0.1, 0.15) is 0 Å². The van der Waals surface area contributed by atoms with E-state index >= 15 is 0 Å². The van der Waals surface area contributed by atoms with Gasteiger partial charge in [-0.15, -0.1) is 0 Å². The van der Waals surface area contributed by atoms with Crippen LogP contribution in [0.5, 0.6) is 0 Å². The van der Waals surface area contributed by atoms with Crippen LogP contribution in [0.3, 0.4) is 0 Å². The lowest BCUT2D eigenvalue weighted by atomic mass is 9.79. The monoisotopic (exact) mass is 389 g/mol. The molecule has 2 heterocycles. The molecule has 6 heteroatoms. The van der Waals surface area contributed by atoms with E-state index in [1.807, 2.05) is 24.5 Å². The summed E-state index contributed by atoms with van der Waals surface area (Å²) < 4.78 is 0. The molecule has 0 bridgehead atoms. The van der Waals surface area contributed by atoms with Crippen molar-refractivity contribution in [3.05, 3.63) is 24.5 Å². The molecule has 1 aromatic rings. The molecule has 0 amide bonds. The van der Waals surface area contributed by atoms with E-state index in [1.54, 1.807) is 0 Å². The van der Waals surface area contributed by atoms with Crippen molar-refractivity contribution in [3.63, 3.8) is 0 Å². The fourth-order valence-electron chi connectivity index (χ4n) is 4.83. The predicted octanol–water partition coefficient (Wildman–Crippen LogP) is 3.52. The Kier molecular flexibility index (Phi) is 7.68. The van der Waals surface area contributed by atoms with E-state index in [4.69, 9.17) is 5.11 Å². The van der Waals surface area contributed by atoms with Gasteiger partial charge in [-0.1, -0.05) is 12.8 Å².